The Morgan fingerprint density at radius 2 is 1.71 bits per heavy atom. The summed E-state index contributed by atoms with van der Waals surface area (Å²) in [7, 11) is -4.10. The number of rotatable bonds is 4. The van der Waals surface area contributed by atoms with Crippen LogP contribution in [0.15, 0.2) is 41.3 Å². The zero-order valence-electron chi connectivity index (χ0n) is 12.3. The van der Waals surface area contributed by atoms with Crippen molar-refractivity contribution in [1.29, 1.82) is 0 Å². The van der Waals surface area contributed by atoms with Gasteiger partial charge in [0.15, 0.2) is 0 Å². The van der Waals surface area contributed by atoms with E-state index in [0.29, 0.717) is 10.6 Å². The molecule has 24 heavy (non-hydrogen) atoms. The average molecular weight is 398 g/mol. The Labute approximate surface area is 147 Å². The molecule has 0 spiro atoms. The van der Waals surface area contributed by atoms with Gasteiger partial charge in [-0.2, -0.15) is 13.2 Å². The number of benzene rings is 2. The lowest BCUT2D eigenvalue weighted by Gasteiger charge is -2.14. The quantitative estimate of drug-likeness (QED) is 0.805. The standard InChI is InChI=1S/C15H12Cl2F3NO2S/c1-9-6-14(13(17)7-12(9)16)24(22,23)21-8-10-4-2-3-5-11(10)15(18,19)20/h2-7,21H,8H2,1H3. The summed E-state index contributed by atoms with van der Waals surface area (Å²) in [4.78, 5) is -0.240. The summed E-state index contributed by atoms with van der Waals surface area (Å²) >= 11 is 11.7. The van der Waals surface area contributed by atoms with Gasteiger partial charge in [0.05, 0.1) is 10.6 Å². The highest BCUT2D eigenvalue weighted by Crippen LogP contribution is 2.32. The Morgan fingerprint density at radius 1 is 1.08 bits per heavy atom. The molecule has 2 aromatic carbocycles. The van der Waals surface area contributed by atoms with Crippen LogP contribution >= 0.6 is 23.2 Å². The third-order valence-corrected chi connectivity index (χ3v) is 5.55. The summed E-state index contributed by atoms with van der Waals surface area (Å²) in [5.41, 5.74) is -0.599. The second-order valence-electron chi connectivity index (χ2n) is 5.01. The molecule has 0 aromatic heterocycles. The highest BCUT2D eigenvalue weighted by Gasteiger charge is 2.33. The number of hydrogen-bond donors (Lipinski definition) is 1. The van der Waals surface area contributed by atoms with Gasteiger partial charge in [0.2, 0.25) is 10.0 Å². The number of nitrogens with one attached hydrogen (secondary N) is 1. The van der Waals surface area contributed by atoms with Gasteiger partial charge in [-0.25, -0.2) is 13.1 Å². The maximum absolute atomic E-state index is 12.9. The van der Waals surface area contributed by atoms with Gasteiger partial charge in [-0.3, -0.25) is 0 Å². The molecule has 0 radical (unpaired) electrons. The van der Waals surface area contributed by atoms with Gasteiger partial charge < -0.3 is 0 Å². The first-order valence-corrected chi connectivity index (χ1v) is 8.86. The fraction of sp³-hybridized carbons (Fsp3) is 0.200. The van der Waals surface area contributed by atoms with Crippen LogP contribution in [-0.2, 0) is 22.7 Å². The van der Waals surface area contributed by atoms with Crippen molar-refractivity contribution in [2.24, 2.45) is 0 Å². The highest BCUT2D eigenvalue weighted by atomic mass is 35.5. The molecule has 0 aliphatic rings. The smallest absolute Gasteiger partial charge is 0.207 e. The molecule has 2 aromatic rings. The van der Waals surface area contributed by atoms with Crippen molar-refractivity contribution in [1.82, 2.24) is 4.72 Å². The molecule has 3 nitrogen and oxygen atoms in total. The molecule has 0 unspecified atom stereocenters. The van der Waals surface area contributed by atoms with E-state index in [-0.39, 0.29) is 15.5 Å². The predicted octanol–water partition coefficient (Wildman–Crippen LogP) is 4.80. The van der Waals surface area contributed by atoms with E-state index >= 15 is 0 Å². The van der Waals surface area contributed by atoms with E-state index in [9.17, 15) is 21.6 Å². The van der Waals surface area contributed by atoms with E-state index < -0.39 is 28.3 Å². The third kappa shape index (κ3) is 4.22. The molecular weight excluding hydrogens is 386 g/mol. The van der Waals surface area contributed by atoms with E-state index in [1.165, 1.54) is 30.3 Å². The van der Waals surface area contributed by atoms with Crippen molar-refractivity contribution < 1.29 is 21.6 Å². The largest absolute Gasteiger partial charge is 0.416 e. The molecule has 0 aliphatic carbocycles. The lowest BCUT2D eigenvalue weighted by molar-refractivity contribution is -0.138. The van der Waals surface area contributed by atoms with Crippen LogP contribution in [0.2, 0.25) is 10.0 Å². The van der Waals surface area contributed by atoms with E-state index in [1.807, 2.05) is 0 Å². The Bertz CT molecular complexity index is 868. The lowest BCUT2D eigenvalue weighted by Crippen LogP contribution is -2.25. The fourth-order valence-corrected chi connectivity index (χ4v) is 3.87. The number of halogens is 5. The molecular formula is C15H12Cl2F3NO2S. The van der Waals surface area contributed by atoms with Crippen LogP contribution in [0.25, 0.3) is 0 Å². The van der Waals surface area contributed by atoms with Gasteiger partial charge in [-0.15, -0.1) is 0 Å². The van der Waals surface area contributed by atoms with Crippen LogP contribution in [0.1, 0.15) is 16.7 Å². The van der Waals surface area contributed by atoms with E-state index in [1.54, 1.807) is 6.92 Å². The topological polar surface area (TPSA) is 46.2 Å². The van der Waals surface area contributed by atoms with Crippen molar-refractivity contribution >= 4 is 33.2 Å². The van der Waals surface area contributed by atoms with Crippen molar-refractivity contribution in [3.8, 4) is 0 Å². The molecule has 0 aliphatic heterocycles. The molecule has 130 valence electrons. The van der Waals surface area contributed by atoms with E-state index in [2.05, 4.69) is 4.72 Å². The molecule has 0 amide bonds. The number of sulfonamides is 1. The molecule has 0 fully saturated rings. The normalized spacial score (nSPS) is 12.4. The van der Waals surface area contributed by atoms with Crippen molar-refractivity contribution in [3.05, 3.63) is 63.1 Å². The molecule has 9 heteroatoms. The van der Waals surface area contributed by atoms with Gasteiger partial charge in [0, 0.05) is 11.6 Å². The van der Waals surface area contributed by atoms with Gasteiger partial charge in [-0.05, 0) is 36.2 Å². The van der Waals surface area contributed by atoms with E-state index in [4.69, 9.17) is 23.2 Å². The molecule has 0 saturated heterocycles. The van der Waals surface area contributed by atoms with E-state index in [0.717, 1.165) is 6.07 Å². The van der Waals surface area contributed by atoms with Crippen LogP contribution in [-0.4, -0.2) is 8.42 Å². The SMILES string of the molecule is Cc1cc(S(=O)(=O)NCc2ccccc2C(F)(F)F)c(Cl)cc1Cl. The van der Waals surface area contributed by atoms with Gasteiger partial charge >= 0.3 is 6.18 Å². The van der Waals surface area contributed by atoms with Crippen LogP contribution in [0.3, 0.4) is 0 Å². The summed E-state index contributed by atoms with van der Waals surface area (Å²) in [6.45, 7) is 1.08. The summed E-state index contributed by atoms with van der Waals surface area (Å²) in [6.07, 6.45) is -4.57. The zero-order chi connectivity index (χ0) is 18.1. The van der Waals surface area contributed by atoms with Gasteiger partial charge in [-0.1, -0.05) is 41.4 Å². The number of hydrogen-bond acceptors (Lipinski definition) is 2. The Kier molecular flexibility index (Phi) is 5.49. The molecule has 0 bridgehead atoms. The Hall–Kier alpha value is -1.28. The molecule has 2 rings (SSSR count). The van der Waals surface area contributed by atoms with Gasteiger partial charge in [0.25, 0.3) is 0 Å². The number of alkyl halides is 3. The maximum Gasteiger partial charge on any atom is 0.416 e. The minimum atomic E-state index is -4.57. The first kappa shape index (κ1) is 19.1. The Morgan fingerprint density at radius 3 is 2.33 bits per heavy atom. The summed E-state index contributed by atoms with van der Waals surface area (Å²) in [5.74, 6) is 0. The minimum absolute atomic E-state index is 0.109. The second kappa shape index (κ2) is 6.92. The maximum atomic E-state index is 12.9. The van der Waals surface area contributed by atoms with Crippen LogP contribution in [0.4, 0.5) is 13.2 Å². The van der Waals surface area contributed by atoms with Crippen LogP contribution in [0, 0.1) is 6.92 Å². The minimum Gasteiger partial charge on any atom is -0.207 e. The van der Waals surface area contributed by atoms with Crippen LogP contribution in [0.5, 0.6) is 0 Å². The molecule has 1 N–H and O–H groups in total. The lowest BCUT2D eigenvalue weighted by atomic mass is 10.1. The monoisotopic (exact) mass is 397 g/mol. The second-order valence-corrected chi connectivity index (χ2v) is 7.56. The first-order valence-electron chi connectivity index (χ1n) is 6.63. The first-order chi connectivity index (χ1) is 11.0. The third-order valence-electron chi connectivity index (χ3n) is 3.28. The van der Waals surface area contributed by atoms with Crippen molar-refractivity contribution in [2.75, 3.05) is 0 Å². The van der Waals surface area contributed by atoms with Crippen molar-refractivity contribution in [2.45, 2.75) is 24.5 Å². The predicted molar refractivity (Wildman–Crippen MR) is 86.7 cm³/mol. The Balaban J connectivity index is 2.31. The molecule has 0 heterocycles. The summed E-state index contributed by atoms with van der Waals surface area (Å²) in [6, 6.07) is 7.28. The summed E-state index contributed by atoms with van der Waals surface area (Å²) in [5, 5.41) is 0.184. The molecule has 0 atom stereocenters. The highest BCUT2D eigenvalue weighted by molar-refractivity contribution is 7.89. The number of aryl methyl sites for hydroxylation is 1. The van der Waals surface area contributed by atoms with Crippen molar-refractivity contribution in [3.63, 3.8) is 0 Å². The average Bonchev–Trinajstić information content (AvgIpc) is 2.48. The molecule has 0 saturated carbocycles. The fourth-order valence-electron chi connectivity index (χ4n) is 2.04. The summed E-state index contributed by atoms with van der Waals surface area (Å²) < 4.78 is 65.6. The zero-order valence-corrected chi connectivity index (χ0v) is 14.6. The van der Waals surface area contributed by atoms with Gasteiger partial charge in [0.1, 0.15) is 4.90 Å². The van der Waals surface area contributed by atoms with Crippen LogP contribution < -0.4 is 4.72 Å².